The Hall–Kier alpha value is -1.62. The van der Waals surface area contributed by atoms with Crippen molar-refractivity contribution < 1.29 is 0 Å². The molecule has 1 heterocycles. The Morgan fingerprint density at radius 3 is 2.63 bits per heavy atom. The highest BCUT2D eigenvalue weighted by atomic mass is 79.9. The molecule has 0 atom stereocenters. The lowest BCUT2D eigenvalue weighted by Crippen LogP contribution is -2.06. The van der Waals surface area contributed by atoms with Crippen LogP contribution in [0.1, 0.15) is 30.9 Å². The van der Waals surface area contributed by atoms with Crippen LogP contribution in [0.15, 0.2) is 29.0 Å². The fourth-order valence-electron chi connectivity index (χ4n) is 1.93. The summed E-state index contributed by atoms with van der Waals surface area (Å²) in [7, 11) is 0. The second kappa shape index (κ2) is 5.57. The van der Waals surface area contributed by atoms with Gasteiger partial charge in [0, 0.05) is 10.0 Å². The zero-order valence-corrected chi connectivity index (χ0v) is 12.8. The van der Waals surface area contributed by atoms with Crippen molar-refractivity contribution in [2.75, 3.05) is 11.1 Å². The number of benzene rings is 1. The van der Waals surface area contributed by atoms with Crippen LogP contribution in [-0.2, 0) is 0 Å². The Labute approximate surface area is 121 Å². The zero-order chi connectivity index (χ0) is 14.0. The molecule has 3 N–H and O–H groups in total. The smallest absolute Gasteiger partial charge is 0.139 e. The first-order valence-electron chi connectivity index (χ1n) is 6.12. The number of anilines is 3. The number of hydrogen-bond donors (Lipinski definition) is 2. The van der Waals surface area contributed by atoms with Crippen LogP contribution in [0.25, 0.3) is 0 Å². The van der Waals surface area contributed by atoms with E-state index < -0.39 is 0 Å². The predicted octanol–water partition coefficient (Wildman–Crippen LogP) is 4.00. The van der Waals surface area contributed by atoms with Crippen molar-refractivity contribution in [3.8, 4) is 0 Å². The zero-order valence-electron chi connectivity index (χ0n) is 11.2. The summed E-state index contributed by atoms with van der Waals surface area (Å²) in [6, 6.07) is 6.12. The molecule has 19 heavy (non-hydrogen) atoms. The first kappa shape index (κ1) is 13.8. The quantitative estimate of drug-likeness (QED) is 0.897. The molecule has 0 aliphatic heterocycles. The number of hydrogen-bond acceptors (Lipinski definition) is 4. The predicted molar refractivity (Wildman–Crippen MR) is 82.7 cm³/mol. The molecule has 0 saturated carbocycles. The van der Waals surface area contributed by atoms with Gasteiger partial charge >= 0.3 is 0 Å². The Morgan fingerprint density at radius 2 is 2.00 bits per heavy atom. The summed E-state index contributed by atoms with van der Waals surface area (Å²) in [5.41, 5.74) is 9.04. The minimum absolute atomic E-state index is 0.257. The van der Waals surface area contributed by atoms with Gasteiger partial charge in [0.05, 0.1) is 5.69 Å². The molecule has 5 heteroatoms. The monoisotopic (exact) mass is 320 g/mol. The van der Waals surface area contributed by atoms with Gasteiger partial charge in [-0.3, -0.25) is 0 Å². The molecule has 0 bridgehead atoms. The maximum atomic E-state index is 5.94. The van der Waals surface area contributed by atoms with Crippen molar-refractivity contribution in [3.05, 3.63) is 40.1 Å². The average Bonchev–Trinajstić information content (AvgIpc) is 2.32. The second-order valence-electron chi connectivity index (χ2n) is 4.78. The molecule has 100 valence electrons. The molecule has 0 aliphatic carbocycles. The van der Waals surface area contributed by atoms with E-state index in [2.05, 4.69) is 58.1 Å². The lowest BCUT2D eigenvalue weighted by Gasteiger charge is -2.15. The van der Waals surface area contributed by atoms with Gasteiger partial charge in [-0.25, -0.2) is 9.97 Å². The molecule has 0 radical (unpaired) electrons. The van der Waals surface area contributed by atoms with E-state index in [-0.39, 0.29) is 5.92 Å². The van der Waals surface area contributed by atoms with Gasteiger partial charge < -0.3 is 11.1 Å². The van der Waals surface area contributed by atoms with Crippen LogP contribution < -0.4 is 11.1 Å². The largest absolute Gasteiger partial charge is 0.383 e. The standard InChI is InChI=1S/C14H17BrN4/c1-8(2)12-13(16)17-7-18-14(12)19-11-5-4-9(3)6-10(11)15/h4-8H,1-3H3,(H3,16,17,18,19). The maximum absolute atomic E-state index is 5.94. The normalized spacial score (nSPS) is 10.8. The molecule has 0 saturated heterocycles. The van der Waals surface area contributed by atoms with Gasteiger partial charge in [0.2, 0.25) is 0 Å². The van der Waals surface area contributed by atoms with Crippen molar-refractivity contribution in [1.82, 2.24) is 9.97 Å². The Kier molecular flexibility index (Phi) is 4.04. The molecule has 2 rings (SSSR count). The molecule has 0 fully saturated rings. The molecule has 0 aliphatic rings. The average molecular weight is 321 g/mol. The second-order valence-corrected chi connectivity index (χ2v) is 5.64. The minimum Gasteiger partial charge on any atom is -0.383 e. The third-order valence-corrected chi connectivity index (χ3v) is 3.53. The van der Waals surface area contributed by atoms with Gasteiger partial charge in [0.25, 0.3) is 0 Å². The summed E-state index contributed by atoms with van der Waals surface area (Å²) in [5.74, 6) is 1.54. The lowest BCUT2D eigenvalue weighted by atomic mass is 10.0. The fraction of sp³-hybridized carbons (Fsp3) is 0.286. The van der Waals surface area contributed by atoms with Gasteiger partial charge in [-0.1, -0.05) is 19.9 Å². The van der Waals surface area contributed by atoms with Crippen LogP contribution in [0, 0.1) is 6.92 Å². The van der Waals surface area contributed by atoms with Crippen LogP contribution in [0.3, 0.4) is 0 Å². The van der Waals surface area contributed by atoms with E-state index in [4.69, 9.17) is 5.73 Å². The molecular formula is C14H17BrN4. The maximum Gasteiger partial charge on any atom is 0.139 e. The Balaban J connectivity index is 2.41. The van der Waals surface area contributed by atoms with E-state index in [9.17, 15) is 0 Å². The SMILES string of the molecule is Cc1ccc(Nc2ncnc(N)c2C(C)C)c(Br)c1. The highest BCUT2D eigenvalue weighted by Gasteiger charge is 2.13. The summed E-state index contributed by atoms with van der Waals surface area (Å²) in [6.07, 6.45) is 1.48. The third-order valence-electron chi connectivity index (χ3n) is 2.87. The fourth-order valence-corrected chi connectivity index (χ4v) is 2.52. The Bertz CT molecular complexity index is 596. The number of aromatic nitrogens is 2. The number of rotatable bonds is 3. The number of nitrogens with one attached hydrogen (secondary N) is 1. The summed E-state index contributed by atoms with van der Waals surface area (Å²) in [4.78, 5) is 8.35. The summed E-state index contributed by atoms with van der Waals surface area (Å²) in [6.45, 7) is 6.20. The lowest BCUT2D eigenvalue weighted by molar-refractivity contribution is 0.855. The van der Waals surface area contributed by atoms with Gasteiger partial charge in [0.1, 0.15) is 18.0 Å². The highest BCUT2D eigenvalue weighted by molar-refractivity contribution is 9.10. The molecular weight excluding hydrogens is 304 g/mol. The minimum atomic E-state index is 0.257. The number of nitrogens with two attached hydrogens (primary N) is 1. The first-order valence-corrected chi connectivity index (χ1v) is 6.92. The summed E-state index contributed by atoms with van der Waals surface area (Å²) >= 11 is 3.55. The topological polar surface area (TPSA) is 63.8 Å². The third kappa shape index (κ3) is 3.04. The van der Waals surface area contributed by atoms with Gasteiger partial charge in [-0.05, 0) is 46.5 Å². The number of halogens is 1. The summed E-state index contributed by atoms with van der Waals surface area (Å²) < 4.78 is 0.999. The number of aryl methyl sites for hydroxylation is 1. The van der Waals surface area contributed by atoms with Crippen LogP contribution >= 0.6 is 15.9 Å². The molecule has 0 spiro atoms. The van der Waals surface area contributed by atoms with E-state index >= 15 is 0 Å². The molecule has 0 unspecified atom stereocenters. The Morgan fingerprint density at radius 1 is 1.26 bits per heavy atom. The van der Waals surface area contributed by atoms with E-state index in [1.54, 1.807) is 0 Å². The van der Waals surface area contributed by atoms with Crippen LogP contribution in [0.4, 0.5) is 17.3 Å². The highest BCUT2D eigenvalue weighted by Crippen LogP contribution is 2.31. The molecule has 1 aromatic carbocycles. The van der Waals surface area contributed by atoms with Crippen LogP contribution in [0.5, 0.6) is 0 Å². The van der Waals surface area contributed by atoms with Gasteiger partial charge in [0.15, 0.2) is 0 Å². The van der Waals surface area contributed by atoms with Crippen LogP contribution in [-0.4, -0.2) is 9.97 Å². The van der Waals surface area contributed by atoms with Gasteiger partial charge in [-0.15, -0.1) is 0 Å². The number of nitrogens with zero attached hydrogens (tertiary/aromatic N) is 2. The van der Waals surface area contributed by atoms with E-state index in [1.165, 1.54) is 11.9 Å². The molecule has 1 aromatic heterocycles. The first-order chi connectivity index (χ1) is 8.99. The number of nitrogen functional groups attached to an aromatic ring is 1. The summed E-state index contributed by atoms with van der Waals surface area (Å²) in [5, 5.41) is 3.31. The molecule has 0 amide bonds. The molecule has 4 nitrogen and oxygen atoms in total. The van der Waals surface area contributed by atoms with E-state index in [1.807, 2.05) is 12.1 Å². The van der Waals surface area contributed by atoms with Crippen molar-refractivity contribution in [3.63, 3.8) is 0 Å². The van der Waals surface area contributed by atoms with Gasteiger partial charge in [-0.2, -0.15) is 0 Å². The van der Waals surface area contributed by atoms with Crippen molar-refractivity contribution in [2.45, 2.75) is 26.7 Å². The van der Waals surface area contributed by atoms with Crippen molar-refractivity contribution in [1.29, 1.82) is 0 Å². The van der Waals surface area contributed by atoms with E-state index in [0.717, 1.165) is 21.5 Å². The van der Waals surface area contributed by atoms with Crippen LogP contribution in [0.2, 0.25) is 0 Å². The van der Waals surface area contributed by atoms with Crippen molar-refractivity contribution in [2.24, 2.45) is 0 Å². The molecule has 2 aromatic rings. The van der Waals surface area contributed by atoms with E-state index in [0.29, 0.717) is 5.82 Å². The van der Waals surface area contributed by atoms with Crippen molar-refractivity contribution >= 4 is 33.3 Å².